The number of carbonyl (C=O) groups is 1. The third-order valence-electron chi connectivity index (χ3n) is 4.23. The maximum absolute atomic E-state index is 12.1. The molecule has 0 unspecified atom stereocenters. The van der Waals surface area contributed by atoms with Crippen LogP contribution in [0.3, 0.4) is 0 Å². The SMILES string of the molecule is CCCCc1ccc(NC(=O)/C=C/c2cc3cc(Cl)cc(OC)c3o2)cc1. The van der Waals surface area contributed by atoms with E-state index in [4.69, 9.17) is 20.8 Å². The van der Waals surface area contributed by atoms with Crippen molar-refractivity contribution in [3.8, 4) is 5.75 Å². The number of hydrogen-bond donors (Lipinski definition) is 1. The topological polar surface area (TPSA) is 51.5 Å². The maximum Gasteiger partial charge on any atom is 0.248 e. The molecule has 0 saturated carbocycles. The second-order valence-electron chi connectivity index (χ2n) is 6.30. The number of methoxy groups -OCH3 is 1. The Morgan fingerprint density at radius 3 is 2.70 bits per heavy atom. The van der Waals surface area contributed by atoms with Crippen LogP contribution in [0.4, 0.5) is 5.69 Å². The van der Waals surface area contributed by atoms with Crippen molar-refractivity contribution in [2.75, 3.05) is 12.4 Å². The first-order valence-electron chi connectivity index (χ1n) is 8.94. The van der Waals surface area contributed by atoms with Crippen LogP contribution in [-0.2, 0) is 11.2 Å². The van der Waals surface area contributed by atoms with E-state index in [1.54, 1.807) is 25.3 Å². The average molecular weight is 384 g/mol. The van der Waals surface area contributed by atoms with Crippen LogP contribution in [0, 0.1) is 0 Å². The van der Waals surface area contributed by atoms with Crippen molar-refractivity contribution < 1.29 is 13.9 Å². The summed E-state index contributed by atoms with van der Waals surface area (Å²) in [6.07, 6.45) is 6.46. The van der Waals surface area contributed by atoms with Crippen LogP contribution in [0.5, 0.6) is 5.75 Å². The fraction of sp³-hybridized carbons (Fsp3) is 0.227. The van der Waals surface area contributed by atoms with Gasteiger partial charge in [-0.3, -0.25) is 4.79 Å². The lowest BCUT2D eigenvalue weighted by Crippen LogP contribution is -2.07. The molecule has 0 radical (unpaired) electrons. The Morgan fingerprint density at radius 2 is 2.00 bits per heavy atom. The number of hydrogen-bond acceptors (Lipinski definition) is 3. The zero-order valence-electron chi connectivity index (χ0n) is 15.4. The number of unbranched alkanes of at least 4 members (excludes halogenated alkanes) is 1. The second kappa shape index (κ2) is 8.78. The average Bonchev–Trinajstić information content (AvgIpc) is 3.08. The highest BCUT2D eigenvalue weighted by atomic mass is 35.5. The number of nitrogens with one attached hydrogen (secondary N) is 1. The number of rotatable bonds is 7. The smallest absolute Gasteiger partial charge is 0.248 e. The molecule has 0 spiro atoms. The van der Waals surface area contributed by atoms with Gasteiger partial charge in [0.05, 0.1) is 7.11 Å². The number of amides is 1. The molecule has 0 bridgehead atoms. The van der Waals surface area contributed by atoms with Gasteiger partial charge < -0.3 is 14.5 Å². The maximum atomic E-state index is 12.1. The molecule has 1 N–H and O–H groups in total. The van der Waals surface area contributed by atoms with Gasteiger partial charge in [0.15, 0.2) is 11.3 Å². The molecule has 5 heteroatoms. The first kappa shape index (κ1) is 19.1. The number of ether oxygens (including phenoxy) is 1. The summed E-state index contributed by atoms with van der Waals surface area (Å²) in [6, 6.07) is 13.2. The van der Waals surface area contributed by atoms with Gasteiger partial charge in [0, 0.05) is 28.2 Å². The molecule has 0 saturated heterocycles. The zero-order chi connectivity index (χ0) is 19.2. The Morgan fingerprint density at radius 1 is 1.22 bits per heavy atom. The van der Waals surface area contributed by atoms with Gasteiger partial charge in [0.2, 0.25) is 5.91 Å². The van der Waals surface area contributed by atoms with Gasteiger partial charge in [-0.1, -0.05) is 37.1 Å². The Bertz CT molecular complexity index is 958. The van der Waals surface area contributed by atoms with E-state index < -0.39 is 0 Å². The summed E-state index contributed by atoms with van der Waals surface area (Å²) in [5.74, 6) is 0.891. The van der Waals surface area contributed by atoms with E-state index in [1.807, 2.05) is 30.3 Å². The highest BCUT2D eigenvalue weighted by molar-refractivity contribution is 6.31. The van der Waals surface area contributed by atoms with E-state index >= 15 is 0 Å². The Hall–Kier alpha value is -2.72. The number of furan rings is 1. The second-order valence-corrected chi connectivity index (χ2v) is 6.73. The first-order chi connectivity index (χ1) is 13.1. The summed E-state index contributed by atoms with van der Waals surface area (Å²) in [4.78, 5) is 12.1. The molecule has 1 amide bonds. The fourth-order valence-electron chi connectivity index (χ4n) is 2.82. The predicted octanol–water partition coefficient (Wildman–Crippen LogP) is 6.09. The molecule has 0 aliphatic heterocycles. The van der Waals surface area contributed by atoms with Crippen LogP contribution < -0.4 is 10.1 Å². The number of carbonyl (C=O) groups excluding carboxylic acids is 1. The predicted molar refractivity (Wildman–Crippen MR) is 110 cm³/mol. The molecule has 4 nitrogen and oxygen atoms in total. The minimum Gasteiger partial charge on any atom is -0.493 e. The molecular formula is C22H22ClNO3. The van der Waals surface area contributed by atoms with Crippen LogP contribution in [0.25, 0.3) is 17.0 Å². The summed E-state index contributed by atoms with van der Waals surface area (Å²) in [5.41, 5.74) is 2.65. The summed E-state index contributed by atoms with van der Waals surface area (Å²) in [5, 5.41) is 4.23. The van der Waals surface area contributed by atoms with Gasteiger partial charge in [-0.25, -0.2) is 0 Å². The summed E-state index contributed by atoms with van der Waals surface area (Å²) >= 11 is 6.06. The minimum atomic E-state index is -0.221. The monoisotopic (exact) mass is 383 g/mol. The van der Waals surface area contributed by atoms with Crippen molar-refractivity contribution in [3.63, 3.8) is 0 Å². The summed E-state index contributed by atoms with van der Waals surface area (Å²) in [6.45, 7) is 2.17. The molecule has 2 aromatic carbocycles. The van der Waals surface area contributed by atoms with Crippen LogP contribution >= 0.6 is 11.6 Å². The molecule has 27 heavy (non-hydrogen) atoms. The van der Waals surface area contributed by atoms with Crippen molar-refractivity contribution in [3.05, 3.63) is 64.9 Å². The van der Waals surface area contributed by atoms with E-state index in [2.05, 4.69) is 12.2 Å². The van der Waals surface area contributed by atoms with Crippen molar-refractivity contribution in [1.82, 2.24) is 0 Å². The van der Waals surface area contributed by atoms with Crippen LogP contribution in [0.2, 0.25) is 5.02 Å². The van der Waals surface area contributed by atoms with Crippen molar-refractivity contribution in [1.29, 1.82) is 0 Å². The third-order valence-corrected chi connectivity index (χ3v) is 4.44. The third kappa shape index (κ3) is 4.92. The number of fused-ring (bicyclic) bond motifs is 1. The van der Waals surface area contributed by atoms with Crippen LogP contribution in [0.15, 0.2) is 53.0 Å². The lowest BCUT2D eigenvalue weighted by Gasteiger charge is -2.04. The molecule has 0 aliphatic carbocycles. The molecule has 0 fully saturated rings. The molecular weight excluding hydrogens is 362 g/mol. The normalized spacial score (nSPS) is 11.2. The molecule has 1 aromatic heterocycles. The van der Waals surface area contributed by atoms with Crippen molar-refractivity contribution in [2.24, 2.45) is 0 Å². The van der Waals surface area contributed by atoms with E-state index in [0.29, 0.717) is 22.1 Å². The van der Waals surface area contributed by atoms with Gasteiger partial charge in [0.25, 0.3) is 0 Å². The molecule has 1 heterocycles. The summed E-state index contributed by atoms with van der Waals surface area (Å²) in [7, 11) is 1.56. The van der Waals surface area contributed by atoms with Gasteiger partial charge in [-0.2, -0.15) is 0 Å². The summed E-state index contributed by atoms with van der Waals surface area (Å²) < 4.78 is 11.0. The molecule has 0 aliphatic rings. The van der Waals surface area contributed by atoms with Crippen LogP contribution in [-0.4, -0.2) is 13.0 Å². The first-order valence-corrected chi connectivity index (χ1v) is 9.32. The number of aryl methyl sites for hydroxylation is 1. The van der Waals surface area contributed by atoms with E-state index in [1.165, 1.54) is 24.5 Å². The molecule has 0 atom stereocenters. The van der Waals surface area contributed by atoms with E-state index in [0.717, 1.165) is 17.5 Å². The number of benzene rings is 2. The van der Waals surface area contributed by atoms with Gasteiger partial charge in [0.1, 0.15) is 5.76 Å². The minimum absolute atomic E-state index is 0.221. The zero-order valence-corrected chi connectivity index (χ0v) is 16.2. The Kier molecular flexibility index (Phi) is 6.20. The highest BCUT2D eigenvalue weighted by Gasteiger charge is 2.09. The van der Waals surface area contributed by atoms with E-state index in [9.17, 15) is 4.79 Å². The Balaban J connectivity index is 1.67. The fourth-order valence-corrected chi connectivity index (χ4v) is 3.03. The lowest BCUT2D eigenvalue weighted by atomic mass is 10.1. The van der Waals surface area contributed by atoms with Gasteiger partial charge in [-0.05, 0) is 48.7 Å². The standard InChI is InChI=1S/C22H22ClNO3/c1-3-4-5-15-6-8-18(9-7-15)24-21(25)11-10-19-13-16-12-17(23)14-20(26-2)22(16)27-19/h6-14H,3-5H2,1-2H3,(H,24,25)/b11-10+. The molecule has 3 aromatic rings. The number of halogens is 1. The van der Waals surface area contributed by atoms with Gasteiger partial charge >= 0.3 is 0 Å². The molecule has 140 valence electrons. The number of anilines is 1. The van der Waals surface area contributed by atoms with E-state index in [-0.39, 0.29) is 5.91 Å². The largest absolute Gasteiger partial charge is 0.493 e. The molecule has 3 rings (SSSR count). The van der Waals surface area contributed by atoms with Crippen molar-refractivity contribution in [2.45, 2.75) is 26.2 Å². The van der Waals surface area contributed by atoms with Crippen molar-refractivity contribution >= 4 is 40.2 Å². The quantitative estimate of drug-likeness (QED) is 0.502. The lowest BCUT2D eigenvalue weighted by molar-refractivity contribution is -0.111. The van der Waals surface area contributed by atoms with Gasteiger partial charge in [-0.15, -0.1) is 0 Å². The van der Waals surface area contributed by atoms with Crippen LogP contribution in [0.1, 0.15) is 31.1 Å². The highest BCUT2D eigenvalue weighted by Crippen LogP contribution is 2.32. The Labute approximate surface area is 163 Å².